The van der Waals surface area contributed by atoms with E-state index in [4.69, 9.17) is 0 Å². The number of carbonyl (C=O) groups is 2. The maximum Gasteiger partial charge on any atom is 0.260 e. The van der Waals surface area contributed by atoms with Crippen LogP contribution in [0.1, 0.15) is 56.6 Å². The smallest absolute Gasteiger partial charge is 0.260 e. The molecule has 7 heteroatoms. The average molecular weight is 536 g/mol. The van der Waals surface area contributed by atoms with Gasteiger partial charge in [-0.2, -0.15) is 0 Å². The van der Waals surface area contributed by atoms with Gasteiger partial charge >= 0.3 is 0 Å². The van der Waals surface area contributed by atoms with Crippen molar-refractivity contribution < 1.29 is 14.0 Å². The first-order valence-electron chi connectivity index (χ1n) is 14.0. The number of carbonyl (C=O) groups excluding carboxylic acids is 2. The third kappa shape index (κ3) is 6.49. The van der Waals surface area contributed by atoms with Gasteiger partial charge in [0.1, 0.15) is 5.82 Å². The Bertz CT molecular complexity index is 1140. The summed E-state index contributed by atoms with van der Waals surface area (Å²) >= 11 is 1.66. The molecular weight excluding hydrogens is 497 g/mol. The summed E-state index contributed by atoms with van der Waals surface area (Å²) in [4.78, 5) is 32.1. The summed E-state index contributed by atoms with van der Waals surface area (Å²) in [6.07, 6.45) is 8.11. The summed E-state index contributed by atoms with van der Waals surface area (Å²) in [5, 5.41) is 3.43. The zero-order valence-electron chi connectivity index (χ0n) is 22.2. The number of rotatable bonds is 7. The molecule has 1 aliphatic carbocycles. The number of nitrogens with zero attached hydrogens (tertiary/aromatic N) is 2. The Labute approximate surface area is 229 Å². The third-order valence-electron chi connectivity index (χ3n) is 8.28. The lowest BCUT2D eigenvalue weighted by atomic mass is 9.83. The van der Waals surface area contributed by atoms with Gasteiger partial charge in [0.15, 0.2) is 0 Å². The Morgan fingerprint density at radius 3 is 2.63 bits per heavy atom. The molecule has 5 nitrogen and oxygen atoms in total. The third-order valence-corrected chi connectivity index (χ3v) is 9.68. The van der Waals surface area contributed by atoms with Crippen molar-refractivity contribution in [3.63, 3.8) is 0 Å². The first-order chi connectivity index (χ1) is 18.5. The van der Waals surface area contributed by atoms with E-state index in [1.165, 1.54) is 31.4 Å². The molecule has 5 rings (SSSR count). The molecule has 2 amide bonds. The maximum atomic E-state index is 13.8. The van der Waals surface area contributed by atoms with E-state index in [1.807, 2.05) is 41.3 Å². The van der Waals surface area contributed by atoms with Crippen LogP contribution in [-0.2, 0) is 16.1 Å². The van der Waals surface area contributed by atoms with Gasteiger partial charge < -0.3 is 10.2 Å². The normalized spacial score (nSPS) is 27.3. The maximum absolute atomic E-state index is 13.8. The SMILES string of the molecule is CC1CCCCN1CCNC(=O)C1CCC2S/C(=C\c3ccccc3)C(=O)N(Cc3ccc(F)cc3)C2C1. The van der Waals surface area contributed by atoms with Gasteiger partial charge in [-0.25, -0.2) is 4.39 Å². The molecule has 2 aliphatic heterocycles. The lowest BCUT2D eigenvalue weighted by molar-refractivity contribution is -0.133. The van der Waals surface area contributed by atoms with Crippen LogP contribution in [0, 0.1) is 11.7 Å². The molecule has 1 N–H and O–H groups in total. The van der Waals surface area contributed by atoms with Crippen molar-refractivity contribution in [2.45, 2.75) is 69.3 Å². The Morgan fingerprint density at radius 1 is 1.08 bits per heavy atom. The first-order valence-corrected chi connectivity index (χ1v) is 14.9. The second kappa shape index (κ2) is 12.5. The van der Waals surface area contributed by atoms with Crippen LogP contribution >= 0.6 is 11.8 Å². The van der Waals surface area contributed by atoms with E-state index in [-0.39, 0.29) is 34.8 Å². The van der Waals surface area contributed by atoms with Crippen LogP contribution in [0.5, 0.6) is 0 Å². The largest absolute Gasteiger partial charge is 0.355 e. The van der Waals surface area contributed by atoms with Crippen LogP contribution in [0.4, 0.5) is 4.39 Å². The van der Waals surface area contributed by atoms with Crippen LogP contribution in [0.2, 0.25) is 0 Å². The Morgan fingerprint density at radius 2 is 1.87 bits per heavy atom. The molecule has 1 saturated carbocycles. The fraction of sp³-hybridized carbons (Fsp3) is 0.484. The van der Waals surface area contributed by atoms with Crippen LogP contribution in [0.15, 0.2) is 59.5 Å². The molecular formula is C31H38FN3O2S. The molecule has 2 aromatic carbocycles. The highest BCUT2D eigenvalue weighted by atomic mass is 32.2. The zero-order chi connectivity index (χ0) is 26.5. The molecule has 0 spiro atoms. The van der Waals surface area contributed by atoms with Gasteiger partial charge in [0.2, 0.25) is 5.91 Å². The number of fused-ring (bicyclic) bond motifs is 1. The molecule has 4 atom stereocenters. The average Bonchev–Trinajstić information content (AvgIpc) is 2.93. The number of halogens is 1. The minimum absolute atomic E-state index is 0.00966. The lowest BCUT2D eigenvalue weighted by Gasteiger charge is -2.46. The number of nitrogens with one attached hydrogen (secondary N) is 1. The van der Waals surface area contributed by atoms with Gasteiger partial charge in [0.05, 0.1) is 4.91 Å². The topological polar surface area (TPSA) is 52.7 Å². The molecule has 4 unspecified atom stereocenters. The number of benzene rings is 2. The van der Waals surface area contributed by atoms with Crippen LogP contribution in [0.25, 0.3) is 6.08 Å². The van der Waals surface area contributed by atoms with E-state index in [1.54, 1.807) is 23.9 Å². The van der Waals surface area contributed by atoms with Crippen molar-refractivity contribution in [1.29, 1.82) is 0 Å². The summed E-state index contributed by atoms with van der Waals surface area (Å²) in [5.41, 5.74) is 1.89. The molecule has 0 radical (unpaired) electrons. The Kier molecular flexibility index (Phi) is 8.85. The highest BCUT2D eigenvalue weighted by molar-refractivity contribution is 8.04. The highest BCUT2D eigenvalue weighted by Gasteiger charge is 2.44. The van der Waals surface area contributed by atoms with E-state index >= 15 is 0 Å². The molecule has 3 fully saturated rings. The Hall–Kier alpha value is -2.64. The van der Waals surface area contributed by atoms with Gasteiger partial charge in [-0.3, -0.25) is 14.5 Å². The quantitative estimate of drug-likeness (QED) is 0.478. The predicted octanol–water partition coefficient (Wildman–Crippen LogP) is 5.47. The van der Waals surface area contributed by atoms with Gasteiger partial charge in [-0.15, -0.1) is 11.8 Å². The molecule has 202 valence electrons. The second-order valence-electron chi connectivity index (χ2n) is 10.9. The van der Waals surface area contributed by atoms with Crippen LogP contribution in [0.3, 0.4) is 0 Å². The fourth-order valence-corrected chi connectivity index (χ4v) is 7.47. The molecule has 2 aromatic rings. The fourth-order valence-electron chi connectivity index (χ4n) is 6.06. The molecule has 0 bridgehead atoms. The monoisotopic (exact) mass is 535 g/mol. The highest BCUT2D eigenvalue weighted by Crippen LogP contribution is 2.44. The van der Waals surface area contributed by atoms with Crippen LogP contribution in [-0.4, -0.2) is 58.6 Å². The second-order valence-corrected chi connectivity index (χ2v) is 12.2. The van der Waals surface area contributed by atoms with E-state index in [0.717, 1.165) is 42.0 Å². The number of thioether (sulfide) groups is 1. The number of hydrogen-bond donors (Lipinski definition) is 1. The summed E-state index contributed by atoms with van der Waals surface area (Å²) in [5.74, 6) is -0.286. The minimum atomic E-state index is -0.287. The predicted molar refractivity (Wildman–Crippen MR) is 152 cm³/mol. The standard InChI is InChI=1S/C31H38FN3O2S/c1-22-7-5-6-17-34(22)18-16-33-30(36)25-12-15-28-27(20-25)35(21-24-10-13-26(32)14-11-24)31(37)29(38-28)19-23-8-3-2-4-9-23/h2-4,8-11,13-14,19,22,25,27-28H,5-7,12,15-18,20-21H2,1H3,(H,33,36)/b29-19-. The van der Waals surface area contributed by atoms with E-state index < -0.39 is 0 Å². The number of hydrogen-bond acceptors (Lipinski definition) is 4. The van der Waals surface area contributed by atoms with Gasteiger partial charge in [-0.05, 0) is 74.9 Å². The Balaban J connectivity index is 1.28. The first kappa shape index (κ1) is 26.9. The zero-order valence-corrected chi connectivity index (χ0v) is 23.0. The van der Waals surface area contributed by atoms with Crippen LogP contribution < -0.4 is 5.32 Å². The summed E-state index contributed by atoms with van der Waals surface area (Å²) in [6, 6.07) is 16.8. The molecule has 38 heavy (non-hydrogen) atoms. The van der Waals surface area contributed by atoms with Crippen molar-refractivity contribution in [1.82, 2.24) is 15.1 Å². The van der Waals surface area contributed by atoms with Gasteiger partial charge in [-0.1, -0.05) is 48.9 Å². The number of piperidine rings is 1. The molecule has 3 aliphatic rings. The molecule has 2 saturated heterocycles. The van der Waals surface area contributed by atoms with Crippen molar-refractivity contribution >= 4 is 29.7 Å². The number of likely N-dealkylation sites (tertiary alicyclic amines) is 1. The van der Waals surface area contributed by atoms with Crippen molar-refractivity contribution in [2.75, 3.05) is 19.6 Å². The molecule has 0 aromatic heterocycles. The molecule has 2 heterocycles. The van der Waals surface area contributed by atoms with E-state index in [2.05, 4.69) is 17.1 Å². The minimum Gasteiger partial charge on any atom is -0.355 e. The summed E-state index contributed by atoms with van der Waals surface area (Å²) in [6.45, 7) is 5.36. The van der Waals surface area contributed by atoms with Crippen molar-refractivity contribution in [2.24, 2.45) is 5.92 Å². The van der Waals surface area contributed by atoms with Gasteiger partial charge in [0.25, 0.3) is 5.91 Å². The number of amides is 2. The summed E-state index contributed by atoms with van der Waals surface area (Å²) in [7, 11) is 0. The van der Waals surface area contributed by atoms with E-state index in [0.29, 0.717) is 25.6 Å². The van der Waals surface area contributed by atoms with Crippen molar-refractivity contribution in [3.8, 4) is 0 Å². The van der Waals surface area contributed by atoms with Crippen molar-refractivity contribution in [3.05, 3.63) is 76.4 Å². The summed E-state index contributed by atoms with van der Waals surface area (Å²) < 4.78 is 13.6. The van der Waals surface area contributed by atoms with E-state index in [9.17, 15) is 14.0 Å². The van der Waals surface area contributed by atoms with Gasteiger partial charge in [0, 0.05) is 42.9 Å². The lowest BCUT2D eigenvalue weighted by Crippen LogP contribution is -2.54.